The normalized spacial score (nSPS) is 14.4. The maximum atomic E-state index is 6.02. The highest BCUT2D eigenvalue weighted by Gasteiger charge is 2.23. The van der Waals surface area contributed by atoms with Crippen LogP contribution in [0.15, 0.2) is 34.9 Å². The molecule has 0 aliphatic heterocycles. The number of nitrogens with one attached hydrogen (secondary N) is 1. The highest BCUT2D eigenvalue weighted by molar-refractivity contribution is 9.10. The summed E-state index contributed by atoms with van der Waals surface area (Å²) in [7, 11) is 0. The number of fused-ring (bicyclic) bond motifs is 1. The summed E-state index contributed by atoms with van der Waals surface area (Å²) < 4.78 is 0.994. The van der Waals surface area contributed by atoms with E-state index in [2.05, 4.69) is 71.3 Å². The molecule has 3 nitrogen and oxygen atoms in total. The lowest BCUT2D eigenvalue weighted by molar-refractivity contribution is 0.421. The summed E-state index contributed by atoms with van der Waals surface area (Å²) in [5, 5.41) is 4.74. The van der Waals surface area contributed by atoms with Gasteiger partial charge in [0.05, 0.1) is 11.2 Å². The van der Waals surface area contributed by atoms with Crippen molar-refractivity contribution < 1.29 is 0 Å². The van der Waals surface area contributed by atoms with Crippen molar-refractivity contribution in [2.24, 2.45) is 11.7 Å². The van der Waals surface area contributed by atoms with Crippen molar-refractivity contribution in [3.05, 3.63) is 34.9 Å². The standard InChI is InChI=1S/C17H24BrN3/c1-12(2)7-8-17(3,11-19)21-15-6-4-5-13-9-14(18)10-20-16(13)15/h4-6,9-10,12,21H,7-8,11,19H2,1-3H3. The summed E-state index contributed by atoms with van der Waals surface area (Å²) in [6, 6.07) is 8.29. The molecule has 0 fully saturated rings. The molecule has 1 aromatic heterocycles. The van der Waals surface area contributed by atoms with Gasteiger partial charge in [0, 0.05) is 28.1 Å². The Labute approximate surface area is 135 Å². The van der Waals surface area contributed by atoms with Crippen molar-refractivity contribution in [2.75, 3.05) is 11.9 Å². The summed E-state index contributed by atoms with van der Waals surface area (Å²) >= 11 is 3.47. The Balaban J connectivity index is 2.29. The number of halogens is 1. The highest BCUT2D eigenvalue weighted by atomic mass is 79.9. The summed E-state index contributed by atoms with van der Waals surface area (Å²) in [5.41, 5.74) is 7.96. The van der Waals surface area contributed by atoms with Gasteiger partial charge in [-0.1, -0.05) is 26.0 Å². The topological polar surface area (TPSA) is 50.9 Å². The first-order valence-electron chi connectivity index (χ1n) is 7.46. The SMILES string of the molecule is CC(C)CCC(C)(CN)Nc1cccc2cc(Br)cnc12. The fourth-order valence-corrected chi connectivity index (χ4v) is 2.73. The van der Waals surface area contributed by atoms with Gasteiger partial charge < -0.3 is 11.1 Å². The lowest BCUT2D eigenvalue weighted by Gasteiger charge is -2.31. The van der Waals surface area contributed by atoms with Crippen molar-refractivity contribution in [3.8, 4) is 0 Å². The molecule has 1 heterocycles. The van der Waals surface area contributed by atoms with Crippen LogP contribution in [0.1, 0.15) is 33.6 Å². The first-order valence-corrected chi connectivity index (χ1v) is 8.25. The molecule has 0 spiro atoms. The zero-order chi connectivity index (χ0) is 15.5. The molecule has 0 saturated carbocycles. The van der Waals surface area contributed by atoms with Crippen molar-refractivity contribution in [2.45, 2.75) is 39.2 Å². The molecule has 1 aromatic carbocycles. The quantitative estimate of drug-likeness (QED) is 0.803. The van der Waals surface area contributed by atoms with Gasteiger partial charge in [-0.15, -0.1) is 0 Å². The van der Waals surface area contributed by atoms with E-state index in [1.165, 1.54) is 0 Å². The first kappa shape index (κ1) is 16.2. The maximum absolute atomic E-state index is 6.02. The molecule has 1 unspecified atom stereocenters. The Kier molecular flexibility index (Phi) is 5.22. The molecular formula is C17H24BrN3. The number of anilines is 1. The summed E-state index contributed by atoms with van der Waals surface area (Å²) in [6.45, 7) is 7.28. The van der Waals surface area contributed by atoms with Gasteiger partial charge in [0.25, 0.3) is 0 Å². The molecule has 1 atom stereocenters. The second-order valence-corrected chi connectivity index (χ2v) is 7.27. The zero-order valence-electron chi connectivity index (χ0n) is 13.0. The number of benzene rings is 1. The zero-order valence-corrected chi connectivity index (χ0v) is 14.6. The van der Waals surface area contributed by atoms with E-state index in [9.17, 15) is 0 Å². The van der Waals surface area contributed by atoms with Crippen LogP contribution in [0.3, 0.4) is 0 Å². The number of nitrogens with two attached hydrogens (primary N) is 1. The van der Waals surface area contributed by atoms with Crippen LogP contribution < -0.4 is 11.1 Å². The van der Waals surface area contributed by atoms with Crippen molar-refractivity contribution in [1.82, 2.24) is 4.98 Å². The van der Waals surface area contributed by atoms with Gasteiger partial charge in [-0.25, -0.2) is 0 Å². The molecule has 4 heteroatoms. The Morgan fingerprint density at radius 3 is 2.81 bits per heavy atom. The van der Waals surface area contributed by atoms with Crippen LogP contribution in [0.25, 0.3) is 10.9 Å². The summed E-state index contributed by atoms with van der Waals surface area (Å²) in [6.07, 6.45) is 4.04. The van der Waals surface area contributed by atoms with Crippen molar-refractivity contribution in [1.29, 1.82) is 0 Å². The number of rotatable bonds is 6. The van der Waals surface area contributed by atoms with E-state index in [0.29, 0.717) is 12.5 Å². The van der Waals surface area contributed by atoms with Gasteiger partial charge in [-0.05, 0) is 53.7 Å². The second kappa shape index (κ2) is 6.75. The van der Waals surface area contributed by atoms with E-state index in [-0.39, 0.29) is 5.54 Å². The van der Waals surface area contributed by atoms with E-state index in [1.54, 1.807) is 0 Å². The van der Waals surface area contributed by atoms with Crippen LogP contribution in [-0.2, 0) is 0 Å². The monoisotopic (exact) mass is 349 g/mol. The molecule has 114 valence electrons. The number of nitrogens with zero attached hydrogens (tertiary/aromatic N) is 1. The number of pyridine rings is 1. The smallest absolute Gasteiger partial charge is 0.0934 e. The van der Waals surface area contributed by atoms with E-state index in [0.717, 1.165) is 33.9 Å². The van der Waals surface area contributed by atoms with Crippen LogP contribution in [-0.4, -0.2) is 17.1 Å². The Morgan fingerprint density at radius 1 is 1.38 bits per heavy atom. The molecule has 0 bridgehead atoms. The van der Waals surface area contributed by atoms with Gasteiger partial charge in [-0.3, -0.25) is 4.98 Å². The number of hydrogen-bond donors (Lipinski definition) is 2. The van der Waals surface area contributed by atoms with E-state index in [4.69, 9.17) is 5.73 Å². The number of para-hydroxylation sites is 1. The molecule has 0 aliphatic rings. The van der Waals surface area contributed by atoms with Gasteiger partial charge >= 0.3 is 0 Å². The van der Waals surface area contributed by atoms with Crippen LogP contribution in [0.4, 0.5) is 5.69 Å². The molecule has 0 amide bonds. The van der Waals surface area contributed by atoms with Crippen LogP contribution in [0.5, 0.6) is 0 Å². The predicted molar refractivity (Wildman–Crippen MR) is 94.6 cm³/mol. The van der Waals surface area contributed by atoms with Crippen LogP contribution in [0, 0.1) is 5.92 Å². The minimum Gasteiger partial charge on any atom is -0.377 e. The van der Waals surface area contributed by atoms with E-state index >= 15 is 0 Å². The highest BCUT2D eigenvalue weighted by Crippen LogP contribution is 2.28. The molecule has 2 aromatic rings. The average molecular weight is 350 g/mol. The molecule has 0 aliphatic carbocycles. The summed E-state index contributed by atoms with van der Waals surface area (Å²) in [4.78, 5) is 4.54. The number of aromatic nitrogens is 1. The second-order valence-electron chi connectivity index (χ2n) is 6.35. The van der Waals surface area contributed by atoms with E-state index < -0.39 is 0 Å². The van der Waals surface area contributed by atoms with Gasteiger partial charge in [0.2, 0.25) is 0 Å². The van der Waals surface area contributed by atoms with Gasteiger partial charge in [0.15, 0.2) is 0 Å². The third kappa shape index (κ3) is 4.17. The predicted octanol–water partition coefficient (Wildman–Crippen LogP) is 4.56. The van der Waals surface area contributed by atoms with Crippen molar-refractivity contribution >= 4 is 32.5 Å². The minimum absolute atomic E-state index is 0.104. The third-order valence-corrected chi connectivity index (χ3v) is 4.27. The molecular weight excluding hydrogens is 326 g/mol. The molecule has 0 radical (unpaired) electrons. The fourth-order valence-electron chi connectivity index (χ4n) is 2.38. The maximum Gasteiger partial charge on any atom is 0.0934 e. The van der Waals surface area contributed by atoms with Gasteiger partial charge in [0.1, 0.15) is 0 Å². The van der Waals surface area contributed by atoms with E-state index in [1.807, 2.05) is 6.20 Å². The third-order valence-electron chi connectivity index (χ3n) is 3.84. The molecule has 0 saturated heterocycles. The molecule has 2 rings (SSSR count). The number of hydrogen-bond acceptors (Lipinski definition) is 3. The fraction of sp³-hybridized carbons (Fsp3) is 0.471. The van der Waals surface area contributed by atoms with Gasteiger partial charge in [-0.2, -0.15) is 0 Å². The largest absolute Gasteiger partial charge is 0.377 e. The Morgan fingerprint density at radius 2 is 2.14 bits per heavy atom. The first-order chi connectivity index (χ1) is 9.93. The minimum atomic E-state index is -0.104. The lowest BCUT2D eigenvalue weighted by Crippen LogP contribution is -2.42. The molecule has 3 N–H and O–H groups in total. The van der Waals surface area contributed by atoms with Crippen LogP contribution in [0.2, 0.25) is 0 Å². The summed E-state index contributed by atoms with van der Waals surface area (Å²) in [5.74, 6) is 0.680. The Hall–Kier alpha value is -1.13. The average Bonchev–Trinajstić information content (AvgIpc) is 2.45. The molecule has 21 heavy (non-hydrogen) atoms. The lowest BCUT2D eigenvalue weighted by atomic mass is 9.91. The van der Waals surface area contributed by atoms with Crippen molar-refractivity contribution in [3.63, 3.8) is 0 Å². The Bertz CT molecular complexity index is 612. The van der Waals surface area contributed by atoms with Crippen LogP contribution >= 0.6 is 15.9 Å².